The van der Waals surface area contributed by atoms with Crippen molar-refractivity contribution in [3.63, 3.8) is 0 Å². The third kappa shape index (κ3) is 5.90. The van der Waals surface area contributed by atoms with Gasteiger partial charge in [0.1, 0.15) is 0 Å². The van der Waals surface area contributed by atoms with Gasteiger partial charge in [-0.05, 0) is 19.8 Å². The third-order valence-electron chi connectivity index (χ3n) is 3.68. The van der Waals surface area contributed by atoms with E-state index in [0.717, 1.165) is 19.3 Å². The monoisotopic (exact) mass is 321 g/mol. The van der Waals surface area contributed by atoms with Gasteiger partial charge in [-0.1, -0.05) is 6.42 Å². The molecule has 0 aromatic carbocycles. The van der Waals surface area contributed by atoms with Crippen molar-refractivity contribution < 1.29 is 17.9 Å². The lowest BCUT2D eigenvalue weighted by molar-refractivity contribution is -0.121. The molecule has 1 saturated heterocycles. The van der Waals surface area contributed by atoms with E-state index >= 15 is 0 Å². The van der Waals surface area contributed by atoms with E-state index < -0.39 is 10.0 Å². The number of amides is 1. The summed E-state index contributed by atoms with van der Waals surface area (Å²) in [7, 11) is -1.87. The smallest absolute Gasteiger partial charge is 0.221 e. The standard InChI is InChI=1S/C13H27N3O4S/c1-11(20-2)10-21(18,19)16-8-4-3-5-12(16)9-15-13(17)6-7-14/h11-12H,3-10,14H2,1-2H3,(H,15,17). The number of nitrogens with zero attached hydrogens (tertiary/aromatic N) is 1. The first kappa shape index (κ1) is 18.3. The van der Waals surface area contributed by atoms with Crippen LogP contribution in [0, 0.1) is 0 Å². The molecule has 1 rings (SSSR count). The fraction of sp³-hybridized carbons (Fsp3) is 0.923. The summed E-state index contributed by atoms with van der Waals surface area (Å²) in [6, 6.07) is -0.172. The summed E-state index contributed by atoms with van der Waals surface area (Å²) < 4.78 is 31.5. The number of ether oxygens (including phenoxy) is 1. The summed E-state index contributed by atoms with van der Waals surface area (Å²) in [5.41, 5.74) is 5.32. The minimum atomic E-state index is -3.37. The van der Waals surface area contributed by atoms with Gasteiger partial charge < -0.3 is 15.8 Å². The third-order valence-corrected chi connectivity index (χ3v) is 5.77. The summed E-state index contributed by atoms with van der Waals surface area (Å²) in [6.07, 6.45) is 2.52. The maximum absolute atomic E-state index is 12.4. The van der Waals surface area contributed by atoms with Gasteiger partial charge in [-0.15, -0.1) is 0 Å². The molecule has 0 aromatic heterocycles. The lowest BCUT2D eigenvalue weighted by Gasteiger charge is -2.35. The van der Waals surface area contributed by atoms with Crippen LogP contribution in [0.25, 0.3) is 0 Å². The molecule has 0 aromatic rings. The van der Waals surface area contributed by atoms with E-state index in [1.54, 1.807) is 6.92 Å². The van der Waals surface area contributed by atoms with Gasteiger partial charge in [-0.2, -0.15) is 4.31 Å². The molecule has 7 nitrogen and oxygen atoms in total. The Bertz CT molecular complexity index is 427. The highest BCUT2D eigenvalue weighted by atomic mass is 32.2. The van der Waals surface area contributed by atoms with Crippen LogP contribution in [0.2, 0.25) is 0 Å². The fourth-order valence-corrected chi connectivity index (χ4v) is 4.42. The normalized spacial score (nSPS) is 22.0. The van der Waals surface area contributed by atoms with Crippen LogP contribution in [-0.2, 0) is 19.6 Å². The zero-order valence-electron chi connectivity index (χ0n) is 12.9. The van der Waals surface area contributed by atoms with Crippen LogP contribution in [0.3, 0.4) is 0 Å². The molecule has 8 heteroatoms. The minimum absolute atomic E-state index is 0.0310. The van der Waals surface area contributed by atoms with Gasteiger partial charge in [0.2, 0.25) is 15.9 Å². The number of nitrogens with one attached hydrogen (secondary N) is 1. The maximum Gasteiger partial charge on any atom is 0.221 e. The molecule has 0 spiro atoms. The number of rotatable bonds is 8. The Morgan fingerprint density at radius 2 is 2.19 bits per heavy atom. The molecular weight excluding hydrogens is 294 g/mol. The molecule has 1 amide bonds. The average molecular weight is 321 g/mol. The van der Waals surface area contributed by atoms with Crippen LogP contribution in [0.5, 0.6) is 0 Å². The molecule has 0 bridgehead atoms. The van der Waals surface area contributed by atoms with E-state index in [1.165, 1.54) is 11.4 Å². The second-order valence-electron chi connectivity index (χ2n) is 5.43. The fourth-order valence-electron chi connectivity index (χ4n) is 2.46. The van der Waals surface area contributed by atoms with Gasteiger partial charge in [0.05, 0.1) is 11.9 Å². The summed E-state index contributed by atoms with van der Waals surface area (Å²) in [5, 5.41) is 2.77. The molecule has 0 saturated carbocycles. The van der Waals surface area contributed by atoms with Crippen LogP contribution in [-0.4, -0.2) is 63.3 Å². The lowest BCUT2D eigenvalue weighted by atomic mass is 10.1. The number of hydrogen-bond donors (Lipinski definition) is 2. The van der Waals surface area contributed by atoms with Crippen LogP contribution < -0.4 is 11.1 Å². The van der Waals surface area contributed by atoms with Gasteiger partial charge >= 0.3 is 0 Å². The zero-order valence-corrected chi connectivity index (χ0v) is 13.7. The van der Waals surface area contributed by atoms with Crippen LogP contribution in [0.15, 0.2) is 0 Å². The number of methoxy groups -OCH3 is 1. The molecule has 21 heavy (non-hydrogen) atoms. The zero-order chi connectivity index (χ0) is 15.9. The van der Waals surface area contributed by atoms with Gasteiger partial charge in [0, 0.05) is 39.2 Å². The highest BCUT2D eigenvalue weighted by Crippen LogP contribution is 2.21. The van der Waals surface area contributed by atoms with Gasteiger partial charge in [-0.25, -0.2) is 8.42 Å². The van der Waals surface area contributed by atoms with E-state index in [1.807, 2.05) is 0 Å². The molecule has 1 aliphatic rings. The van der Waals surface area contributed by atoms with E-state index in [2.05, 4.69) is 5.32 Å². The SMILES string of the molecule is COC(C)CS(=O)(=O)N1CCCCC1CNC(=O)CCN. The molecule has 2 atom stereocenters. The van der Waals surface area contributed by atoms with E-state index in [0.29, 0.717) is 19.6 Å². The molecule has 0 radical (unpaired) electrons. The average Bonchev–Trinajstić information content (AvgIpc) is 2.45. The first-order valence-electron chi connectivity index (χ1n) is 7.39. The number of nitrogens with two attached hydrogens (primary N) is 1. The highest BCUT2D eigenvalue weighted by Gasteiger charge is 2.33. The molecule has 0 aliphatic carbocycles. The van der Waals surface area contributed by atoms with Crippen LogP contribution >= 0.6 is 0 Å². The first-order chi connectivity index (χ1) is 9.90. The molecule has 124 valence electrons. The Hall–Kier alpha value is -0.700. The van der Waals surface area contributed by atoms with Crippen molar-refractivity contribution in [3.05, 3.63) is 0 Å². The van der Waals surface area contributed by atoms with Gasteiger partial charge in [0.25, 0.3) is 0 Å². The Balaban J connectivity index is 2.66. The Kier molecular flexibility index (Phi) is 7.58. The molecule has 1 aliphatic heterocycles. The molecule has 2 unspecified atom stereocenters. The predicted octanol–water partition coefficient (Wildman–Crippen LogP) is -0.329. The summed E-state index contributed by atoms with van der Waals surface area (Å²) in [5.74, 6) is -0.165. The van der Waals surface area contributed by atoms with Crippen molar-refractivity contribution in [2.24, 2.45) is 5.73 Å². The minimum Gasteiger partial charge on any atom is -0.381 e. The second kappa shape index (κ2) is 8.67. The van der Waals surface area contributed by atoms with Gasteiger partial charge in [0.15, 0.2) is 0 Å². The van der Waals surface area contributed by atoms with Crippen LogP contribution in [0.4, 0.5) is 0 Å². The number of hydrogen-bond acceptors (Lipinski definition) is 5. The lowest BCUT2D eigenvalue weighted by Crippen LogP contribution is -2.51. The van der Waals surface area contributed by atoms with Crippen molar-refractivity contribution >= 4 is 15.9 Å². The molecule has 3 N–H and O–H groups in total. The Morgan fingerprint density at radius 3 is 2.81 bits per heavy atom. The van der Waals surface area contributed by atoms with E-state index in [9.17, 15) is 13.2 Å². The second-order valence-corrected chi connectivity index (χ2v) is 7.39. The van der Waals surface area contributed by atoms with Crippen molar-refractivity contribution in [2.75, 3.05) is 32.5 Å². The van der Waals surface area contributed by atoms with Crippen LogP contribution in [0.1, 0.15) is 32.6 Å². The summed E-state index contributed by atoms with van der Waals surface area (Å²) in [4.78, 5) is 11.5. The summed E-state index contributed by atoms with van der Waals surface area (Å²) >= 11 is 0. The van der Waals surface area contributed by atoms with Crippen molar-refractivity contribution in [3.8, 4) is 0 Å². The molecule has 1 fully saturated rings. The number of piperidine rings is 1. The van der Waals surface area contributed by atoms with Crippen molar-refractivity contribution in [1.82, 2.24) is 9.62 Å². The Morgan fingerprint density at radius 1 is 1.48 bits per heavy atom. The maximum atomic E-state index is 12.4. The summed E-state index contributed by atoms with van der Waals surface area (Å²) in [6.45, 7) is 2.89. The number of carbonyl (C=O) groups excluding carboxylic acids is 1. The van der Waals surface area contributed by atoms with Crippen molar-refractivity contribution in [1.29, 1.82) is 0 Å². The van der Waals surface area contributed by atoms with E-state index in [4.69, 9.17) is 10.5 Å². The van der Waals surface area contributed by atoms with Crippen molar-refractivity contribution in [2.45, 2.75) is 44.8 Å². The van der Waals surface area contributed by atoms with E-state index in [-0.39, 0.29) is 30.2 Å². The largest absolute Gasteiger partial charge is 0.381 e. The quantitative estimate of drug-likeness (QED) is 0.637. The first-order valence-corrected chi connectivity index (χ1v) is 9.00. The molecule has 1 heterocycles. The topological polar surface area (TPSA) is 102 Å². The highest BCUT2D eigenvalue weighted by molar-refractivity contribution is 7.89. The number of sulfonamides is 1. The molecular formula is C13H27N3O4S. The predicted molar refractivity (Wildman–Crippen MR) is 81.3 cm³/mol. The van der Waals surface area contributed by atoms with Gasteiger partial charge in [-0.3, -0.25) is 4.79 Å². The Labute approximate surface area is 127 Å². The number of carbonyl (C=O) groups is 1.